The summed E-state index contributed by atoms with van der Waals surface area (Å²) in [6.07, 6.45) is 6.69. The summed E-state index contributed by atoms with van der Waals surface area (Å²) in [5.41, 5.74) is 8.58. The quantitative estimate of drug-likeness (QED) is 0.261. The van der Waals surface area contributed by atoms with Crippen molar-refractivity contribution in [1.82, 2.24) is 19.7 Å². The fraction of sp³-hybridized carbons (Fsp3) is 0.432. The molecule has 3 fully saturated rings. The Labute approximate surface area is 320 Å². The number of rotatable bonds is 6. The van der Waals surface area contributed by atoms with E-state index in [-0.39, 0.29) is 24.3 Å². The van der Waals surface area contributed by atoms with Gasteiger partial charge in [-0.1, -0.05) is 18.2 Å². The van der Waals surface area contributed by atoms with Crippen LogP contribution >= 0.6 is 0 Å². The number of amides is 4. The number of pyridine rings is 1. The second-order valence-electron chi connectivity index (χ2n) is 16.2. The van der Waals surface area contributed by atoms with E-state index in [0.717, 1.165) is 105 Å². The third-order valence-corrected chi connectivity index (χ3v) is 12.9. The molecule has 11 nitrogen and oxygen atoms in total. The summed E-state index contributed by atoms with van der Waals surface area (Å²) in [6.45, 7) is 7.78. The van der Waals surface area contributed by atoms with Gasteiger partial charge in [-0.2, -0.15) is 0 Å². The number of aryl methyl sites for hydroxylation is 3. The number of imide groups is 2. The molecular weight excluding hydrogens is 693 g/mol. The van der Waals surface area contributed by atoms with Crippen LogP contribution in [0.3, 0.4) is 0 Å². The molecule has 11 heteroatoms. The first-order chi connectivity index (χ1) is 26.6. The molecule has 0 radical (unpaired) electrons. The van der Waals surface area contributed by atoms with Crippen molar-refractivity contribution < 1.29 is 19.2 Å². The minimum Gasteiger partial charge on any atom is -0.371 e. The molecule has 5 aliphatic rings. The largest absolute Gasteiger partial charge is 0.371 e. The smallest absolute Gasteiger partial charge is 0.262 e. The van der Waals surface area contributed by atoms with E-state index in [1.807, 2.05) is 24.6 Å². The van der Waals surface area contributed by atoms with E-state index in [0.29, 0.717) is 23.0 Å². The van der Waals surface area contributed by atoms with Gasteiger partial charge in [-0.3, -0.25) is 34.2 Å². The van der Waals surface area contributed by atoms with E-state index in [9.17, 15) is 24.0 Å². The number of nitrogens with zero attached hydrogens (tertiary/aromatic N) is 5. The van der Waals surface area contributed by atoms with Crippen LogP contribution in [-0.4, -0.2) is 83.3 Å². The Morgan fingerprint density at radius 3 is 2.29 bits per heavy atom. The van der Waals surface area contributed by atoms with Crippen LogP contribution in [0.1, 0.15) is 88.3 Å². The molecule has 0 saturated carbocycles. The van der Waals surface area contributed by atoms with Crippen LogP contribution in [-0.2, 0) is 23.1 Å². The Balaban J connectivity index is 0.847. The first-order valence-corrected chi connectivity index (χ1v) is 20.0. The van der Waals surface area contributed by atoms with Crippen molar-refractivity contribution >= 4 is 51.6 Å². The molecule has 284 valence electrons. The SMILES string of the molecule is Cc1cc2c(N3CCCc4ccccc43)cc(C3CCN(CC4CCN(c5ccc6c(c5)C(=O)N(C5CCC(=O)NC5=O)C6=O)CC4)CC3)cc2n(C)c1=O. The summed E-state index contributed by atoms with van der Waals surface area (Å²) in [4.78, 5) is 72.2. The Morgan fingerprint density at radius 1 is 0.745 bits per heavy atom. The van der Waals surface area contributed by atoms with Gasteiger partial charge in [0.05, 0.1) is 22.3 Å². The number of aromatic nitrogens is 1. The normalized spacial score (nSPS) is 21.3. The summed E-state index contributed by atoms with van der Waals surface area (Å²) >= 11 is 0. The van der Waals surface area contributed by atoms with Crippen molar-refractivity contribution in [2.75, 3.05) is 49.1 Å². The van der Waals surface area contributed by atoms with Gasteiger partial charge in [-0.05, 0) is 130 Å². The Morgan fingerprint density at radius 2 is 1.51 bits per heavy atom. The average Bonchev–Trinajstić information content (AvgIpc) is 3.45. The van der Waals surface area contributed by atoms with E-state index in [1.165, 1.54) is 22.5 Å². The first kappa shape index (κ1) is 35.4. The number of nitrogens with one attached hydrogen (secondary N) is 1. The average molecular weight is 741 g/mol. The molecule has 1 N–H and O–H groups in total. The Hall–Kier alpha value is -5.29. The second-order valence-corrected chi connectivity index (χ2v) is 16.2. The second kappa shape index (κ2) is 14.1. The van der Waals surface area contributed by atoms with Crippen LogP contribution in [0.15, 0.2) is 65.5 Å². The number of carbonyl (C=O) groups excluding carboxylic acids is 4. The third-order valence-electron chi connectivity index (χ3n) is 12.9. The number of carbonyl (C=O) groups is 4. The molecule has 6 heterocycles. The van der Waals surface area contributed by atoms with Crippen LogP contribution in [0, 0.1) is 12.8 Å². The van der Waals surface area contributed by atoms with Crippen LogP contribution < -0.4 is 20.7 Å². The van der Waals surface area contributed by atoms with Crippen molar-refractivity contribution in [3.63, 3.8) is 0 Å². The van der Waals surface area contributed by atoms with Gasteiger partial charge >= 0.3 is 0 Å². The molecule has 1 aromatic heterocycles. The monoisotopic (exact) mass is 740 g/mol. The number of hydrogen-bond donors (Lipinski definition) is 1. The molecule has 0 bridgehead atoms. The van der Waals surface area contributed by atoms with E-state index in [4.69, 9.17) is 0 Å². The summed E-state index contributed by atoms with van der Waals surface area (Å²) < 4.78 is 1.84. The van der Waals surface area contributed by atoms with E-state index < -0.39 is 23.8 Å². The molecular formula is C44H48N6O5. The van der Waals surface area contributed by atoms with Gasteiger partial charge in [0.2, 0.25) is 11.8 Å². The summed E-state index contributed by atoms with van der Waals surface area (Å²) in [6, 6.07) is 20.0. The lowest BCUT2D eigenvalue weighted by Crippen LogP contribution is -2.54. The van der Waals surface area contributed by atoms with Crippen molar-refractivity contribution in [3.8, 4) is 0 Å². The van der Waals surface area contributed by atoms with E-state index in [2.05, 4.69) is 62.5 Å². The first-order valence-electron chi connectivity index (χ1n) is 20.0. The van der Waals surface area contributed by atoms with Crippen LogP contribution in [0.4, 0.5) is 17.1 Å². The topological polar surface area (TPSA) is 115 Å². The molecule has 1 atom stereocenters. The highest BCUT2D eigenvalue weighted by Gasteiger charge is 2.45. The minimum absolute atomic E-state index is 0.0618. The van der Waals surface area contributed by atoms with Crippen molar-refractivity contribution in [2.45, 2.75) is 70.3 Å². The third kappa shape index (κ3) is 6.32. The number of anilines is 3. The number of piperidine rings is 3. The lowest BCUT2D eigenvalue weighted by molar-refractivity contribution is -0.136. The standard InChI is InChI=1S/C44H48N6O5/c1-27-22-35-38(46(2)42(27)53)23-31(24-39(35)49-17-5-7-30-6-3-4-8-36(30)49)29-15-18-47(19-16-29)26-28-13-20-48(21-14-28)32-9-10-33-34(25-32)44(55)50(43(33)54)37-11-12-40(51)45-41(37)52/h3-4,6,8-10,22-25,28-29,37H,5,7,11-21,26H2,1-2H3,(H,45,51,52). The van der Waals surface area contributed by atoms with Crippen LogP contribution in [0.25, 0.3) is 10.9 Å². The van der Waals surface area contributed by atoms with Crippen molar-refractivity contribution in [3.05, 3.63) is 98.8 Å². The molecule has 9 rings (SSSR count). The molecule has 4 amide bonds. The Kier molecular flexibility index (Phi) is 9.07. The molecule has 1 unspecified atom stereocenters. The zero-order valence-corrected chi connectivity index (χ0v) is 31.7. The number of fused-ring (bicyclic) bond motifs is 3. The van der Waals surface area contributed by atoms with Crippen molar-refractivity contribution in [2.24, 2.45) is 13.0 Å². The summed E-state index contributed by atoms with van der Waals surface area (Å²) in [7, 11) is 1.91. The highest BCUT2D eigenvalue weighted by atomic mass is 16.2. The van der Waals surface area contributed by atoms with Gasteiger partial charge in [0.15, 0.2) is 0 Å². The number of hydrogen-bond acceptors (Lipinski definition) is 8. The van der Waals surface area contributed by atoms with Gasteiger partial charge in [0, 0.05) is 62.0 Å². The maximum Gasteiger partial charge on any atom is 0.262 e. The molecule has 3 saturated heterocycles. The highest BCUT2D eigenvalue weighted by Crippen LogP contribution is 2.41. The maximum absolute atomic E-state index is 13.4. The summed E-state index contributed by atoms with van der Waals surface area (Å²) in [5, 5.41) is 3.40. The number of para-hydroxylation sites is 1. The maximum atomic E-state index is 13.4. The lowest BCUT2D eigenvalue weighted by Gasteiger charge is -2.39. The minimum atomic E-state index is -0.961. The zero-order chi connectivity index (χ0) is 38.0. The van der Waals surface area contributed by atoms with Crippen LogP contribution in [0.5, 0.6) is 0 Å². The van der Waals surface area contributed by atoms with Gasteiger partial charge in [0.25, 0.3) is 17.4 Å². The van der Waals surface area contributed by atoms with Crippen molar-refractivity contribution in [1.29, 1.82) is 0 Å². The molecule has 4 aromatic rings. The molecule has 0 spiro atoms. The van der Waals surface area contributed by atoms with Crippen LogP contribution in [0.2, 0.25) is 0 Å². The molecule has 0 aliphatic carbocycles. The van der Waals surface area contributed by atoms with Gasteiger partial charge in [-0.25, -0.2) is 0 Å². The fourth-order valence-electron chi connectivity index (χ4n) is 9.81. The molecule has 5 aliphatic heterocycles. The predicted molar refractivity (Wildman–Crippen MR) is 212 cm³/mol. The van der Waals surface area contributed by atoms with E-state index in [1.54, 1.807) is 12.1 Å². The number of likely N-dealkylation sites (tertiary alicyclic amines) is 1. The fourth-order valence-corrected chi connectivity index (χ4v) is 9.81. The zero-order valence-electron chi connectivity index (χ0n) is 31.7. The lowest BCUT2D eigenvalue weighted by atomic mass is 9.87. The predicted octanol–water partition coefficient (Wildman–Crippen LogP) is 5.43. The van der Waals surface area contributed by atoms with Gasteiger partial charge in [0.1, 0.15) is 6.04 Å². The number of benzene rings is 3. The summed E-state index contributed by atoms with van der Waals surface area (Å²) in [5.74, 6) is -0.908. The van der Waals surface area contributed by atoms with Gasteiger partial charge < -0.3 is 19.3 Å². The Bertz CT molecular complexity index is 2300. The highest BCUT2D eigenvalue weighted by molar-refractivity contribution is 6.23. The van der Waals surface area contributed by atoms with Gasteiger partial charge in [-0.15, -0.1) is 0 Å². The molecule has 55 heavy (non-hydrogen) atoms. The van der Waals surface area contributed by atoms with E-state index >= 15 is 0 Å². The molecule has 3 aromatic carbocycles.